The van der Waals surface area contributed by atoms with Gasteiger partial charge in [-0.05, 0) is 17.7 Å². The molecule has 0 saturated carbocycles. The number of anilines is 1. The van der Waals surface area contributed by atoms with Crippen LogP contribution in [-0.4, -0.2) is 44.4 Å². The number of fused-ring (bicyclic) bond motifs is 1. The average Bonchev–Trinajstić information content (AvgIpc) is 2.87. The summed E-state index contributed by atoms with van der Waals surface area (Å²) in [6.45, 7) is 6.62. The van der Waals surface area contributed by atoms with Crippen LogP contribution in [-0.2, 0) is 0 Å². The average molecular weight is 460 g/mol. The van der Waals surface area contributed by atoms with Crippen molar-refractivity contribution < 1.29 is 9.18 Å². The molecule has 0 bridgehead atoms. The van der Waals surface area contributed by atoms with Crippen LogP contribution in [0.25, 0.3) is 22.2 Å². The Morgan fingerprint density at radius 2 is 1.79 bits per heavy atom. The standard InChI is InChI=1S/C25H26FN7O/c1-14(2)24-30-11-16(12-31-24)20-9-21(33-13-32-20)29-10-15(3)17-5-6-19(26)22-18(25(34)27-4)7-8-28-23(17)22/h5-9,11-15H,10H2,1-4H3,(H,27,34)(H,29,32,33)/t15-/m1/s1. The number of nitrogens with zero attached hydrogens (tertiary/aromatic N) is 5. The maximum atomic E-state index is 14.6. The van der Waals surface area contributed by atoms with Crippen LogP contribution in [0.4, 0.5) is 10.2 Å². The number of carbonyl (C=O) groups excluding carboxylic acids is 1. The SMILES string of the molecule is CNC(=O)c1ccnc2c([C@H](C)CNc3cc(-c4cnc(C(C)C)nc4)ncn3)ccc(F)c12. The van der Waals surface area contributed by atoms with E-state index in [0.717, 1.165) is 17.0 Å². The fourth-order valence-corrected chi connectivity index (χ4v) is 3.72. The molecule has 0 fully saturated rings. The minimum absolute atomic E-state index is 0.0392. The van der Waals surface area contributed by atoms with Crippen molar-refractivity contribution in [2.75, 3.05) is 18.9 Å². The Labute approximate surface area is 197 Å². The maximum Gasteiger partial charge on any atom is 0.251 e. The summed E-state index contributed by atoms with van der Waals surface area (Å²) < 4.78 is 14.6. The second-order valence-corrected chi connectivity index (χ2v) is 8.35. The first-order chi connectivity index (χ1) is 16.4. The van der Waals surface area contributed by atoms with Crippen molar-refractivity contribution in [1.82, 2.24) is 30.2 Å². The third kappa shape index (κ3) is 4.68. The van der Waals surface area contributed by atoms with Crippen LogP contribution < -0.4 is 10.6 Å². The summed E-state index contributed by atoms with van der Waals surface area (Å²) in [7, 11) is 1.52. The number of aromatic nitrogens is 5. The van der Waals surface area contributed by atoms with Gasteiger partial charge in [0, 0.05) is 61.0 Å². The van der Waals surface area contributed by atoms with Crippen LogP contribution >= 0.6 is 0 Å². The number of pyridine rings is 1. The topological polar surface area (TPSA) is 106 Å². The van der Waals surface area contributed by atoms with Crippen molar-refractivity contribution in [2.45, 2.75) is 32.6 Å². The number of rotatable bonds is 7. The van der Waals surface area contributed by atoms with E-state index in [-0.39, 0.29) is 28.7 Å². The smallest absolute Gasteiger partial charge is 0.251 e. The molecule has 8 nitrogen and oxygen atoms in total. The third-order valence-corrected chi connectivity index (χ3v) is 5.62. The van der Waals surface area contributed by atoms with Gasteiger partial charge in [0.2, 0.25) is 0 Å². The zero-order chi connectivity index (χ0) is 24.2. The van der Waals surface area contributed by atoms with E-state index in [1.807, 2.05) is 26.8 Å². The second kappa shape index (κ2) is 9.86. The van der Waals surface area contributed by atoms with Gasteiger partial charge in [0.1, 0.15) is 23.8 Å². The lowest BCUT2D eigenvalue weighted by molar-refractivity contribution is 0.0964. The molecule has 4 aromatic rings. The summed E-state index contributed by atoms with van der Waals surface area (Å²) in [6.07, 6.45) is 6.54. The molecule has 1 amide bonds. The van der Waals surface area contributed by atoms with E-state index >= 15 is 0 Å². The highest BCUT2D eigenvalue weighted by molar-refractivity contribution is 6.06. The Morgan fingerprint density at radius 3 is 2.50 bits per heavy atom. The molecule has 0 aliphatic heterocycles. The van der Waals surface area contributed by atoms with Crippen molar-refractivity contribution in [3.63, 3.8) is 0 Å². The van der Waals surface area contributed by atoms with Gasteiger partial charge in [-0.15, -0.1) is 0 Å². The van der Waals surface area contributed by atoms with Crippen molar-refractivity contribution in [3.05, 3.63) is 72.0 Å². The van der Waals surface area contributed by atoms with Crippen LogP contribution in [0.5, 0.6) is 0 Å². The predicted molar refractivity (Wildman–Crippen MR) is 129 cm³/mol. The Morgan fingerprint density at radius 1 is 1.03 bits per heavy atom. The van der Waals surface area contributed by atoms with E-state index in [1.165, 1.54) is 31.7 Å². The predicted octanol–water partition coefficient (Wildman–Crippen LogP) is 4.32. The van der Waals surface area contributed by atoms with E-state index in [0.29, 0.717) is 23.6 Å². The molecule has 0 saturated heterocycles. The van der Waals surface area contributed by atoms with Crippen LogP contribution in [0.1, 0.15) is 54.4 Å². The number of amides is 1. The third-order valence-electron chi connectivity index (χ3n) is 5.62. The summed E-state index contributed by atoms with van der Waals surface area (Å²) in [5, 5.41) is 6.09. The van der Waals surface area contributed by atoms with Crippen LogP contribution in [0, 0.1) is 5.82 Å². The molecule has 2 N–H and O–H groups in total. The highest BCUT2D eigenvalue weighted by Gasteiger charge is 2.18. The largest absolute Gasteiger partial charge is 0.369 e. The molecular formula is C25H26FN7O. The van der Waals surface area contributed by atoms with Gasteiger partial charge in [-0.3, -0.25) is 9.78 Å². The van der Waals surface area contributed by atoms with Gasteiger partial charge in [-0.2, -0.15) is 0 Å². The Hall–Kier alpha value is -4.01. The molecular weight excluding hydrogens is 433 g/mol. The number of halogens is 1. The van der Waals surface area contributed by atoms with Gasteiger partial charge in [-0.1, -0.05) is 26.8 Å². The zero-order valence-electron chi connectivity index (χ0n) is 19.5. The first-order valence-corrected chi connectivity index (χ1v) is 11.1. The first kappa shape index (κ1) is 23.2. The molecule has 0 aliphatic carbocycles. The summed E-state index contributed by atoms with van der Waals surface area (Å²) >= 11 is 0. The molecule has 0 unspecified atom stereocenters. The number of nitrogens with one attached hydrogen (secondary N) is 2. The Kier molecular flexibility index (Phi) is 6.72. The fourth-order valence-electron chi connectivity index (χ4n) is 3.72. The number of hydrogen-bond acceptors (Lipinski definition) is 7. The fraction of sp³-hybridized carbons (Fsp3) is 0.280. The number of benzene rings is 1. The Balaban J connectivity index is 1.55. The van der Waals surface area contributed by atoms with Crippen molar-refractivity contribution in [2.24, 2.45) is 0 Å². The van der Waals surface area contributed by atoms with Crippen LogP contribution in [0.3, 0.4) is 0 Å². The van der Waals surface area contributed by atoms with E-state index < -0.39 is 5.82 Å². The summed E-state index contributed by atoms with van der Waals surface area (Å²) in [4.78, 5) is 34.1. The lowest BCUT2D eigenvalue weighted by Crippen LogP contribution is -2.19. The zero-order valence-corrected chi connectivity index (χ0v) is 19.5. The van der Waals surface area contributed by atoms with Gasteiger partial charge < -0.3 is 10.6 Å². The van der Waals surface area contributed by atoms with Gasteiger partial charge in [0.15, 0.2) is 0 Å². The first-order valence-electron chi connectivity index (χ1n) is 11.1. The molecule has 174 valence electrons. The van der Waals surface area contributed by atoms with Gasteiger partial charge >= 0.3 is 0 Å². The van der Waals surface area contributed by atoms with Gasteiger partial charge in [0.25, 0.3) is 5.91 Å². The summed E-state index contributed by atoms with van der Waals surface area (Å²) in [5.74, 6) is 0.815. The molecule has 1 aromatic carbocycles. The summed E-state index contributed by atoms with van der Waals surface area (Å²) in [6, 6.07) is 6.46. The summed E-state index contributed by atoms with van der Waals surface area (Å²) in [5.41, 5.74) is 3.09. The molecule has 9 heteroatoms. The molecule has 3 aromatic heterocycles. The number of carbonyl (C=O) groups is 1. The molecule has 3 heterocycles. The molecule has 1 atom stereocenters. The van der Waals surface area contributed by atoms with Gasteiger partial charge in [-0.25, -0.2) is 24.3 Å². The Bertz CT molecular complexity index is 1320. The quantitative estimate of drug-likeness (QED) is 0.424. The lowest BCUT2D eigenvalue weighted by atomic mass is 9.95. The minimum Gasteiger partial charge on any atom is -0.369 e. The minimum atomic E-state index is -0.475. The van der Waals surface area contributed by atoms with Crippen molar-refractivity contribution in [3.8, 4) is 11.3 Å². The van der Waals surface area contributed by atoms with Crippen molar-refractivity contribution >= 4 is 22.6 Å². The number of hydrogen-bond donors (Lipinski definition) is 2. The van der Waals surface area contributed by atoms with E-state index in [1.54, 1.807) is 18.5 Å². The van der Waals surface area contributed by atoms with Crippen LogP contribution in [0.15, 0.2) is 49.2 Å². The molecule has 0 radical (unpaired) electrons. The molecule has 0 aliphatic rings. The van der Waals surface area contributed by atoms with Crippen LogP contribution in [0.2, 0.25) is 0 Å². The van der Waals surface area contributed by atoms with E-state index in [2.05, 4.69) is 35.6 Å². The van der Waals surface area contributed by atoms with Crippen molar-refractivity contribution in [1.29, 1.82) is 0 Å². The second-order valence-electron chi connectivity index (χ2n) is 8.35. The normalized spacial score (nSPS) is 12.1. The lowest BCUT2D eigenvalue weighted by Gasteiger charge is -2.17. The highest BCUT2D eigenvalue weighted by atomic mass is 19.1. The monoisotopic (exact) mass is 459 g/mol. The van der Waals surface area contributed by atoms with E-state index in [4.69, 9.17) is 0 Å². The van der Waals surface area contributed by atoms with Gasteiger partial charge in [0.05, 0.1) is 16.8 Å². The van der Waals surface area contributed by atoms with E-state index in [9.17, 15) is 9.18 Å². The highest BCUT2D eigenvalue weighted by Crippen LogP contribution is 2.29. The molecule has 4 rings (SSSR count). The molecule has 34 heavy (non-hydrogen) atoms. The maximum absolute atomic E-state index is 14.6. The molecule has 0 spiro atoms.